The number of anilines is 1. The van der Waals surface area contributed by atoms with E-state index in [1.807, 2.05) is 42.3 Å². The van der Waals surface area contributed by atoms with Gasteiger partial charge in [0.15, 0.2) is 5.78 Å². The van der Waals surface area contributed by atoms with Crippen LogP contribution >= 0.6 is 23.4 Å². The predicted molar refractivity (Wildman–Crippen MR) is 84.6 cm³/mol. The molecule has 0 saturated heterocycles. The van der Waals surface area contributed by atoms with Crippen molar-refractivity contribution in [2.24, 2.45) is 0 Å². The van der Waals surface area contributed by atoms with Crippen molar-refractivity contribution in [3.8, 4) is 0 Å². The monoisotopic (exact) mass is 301 g/mol. The van der Waals surface area contributed by atoms with Crippen molar-refractivity contribution in [3.63, 3.8) is 0 Å². The Morgan fingerprint density at radius 2 is 1.85 bits per heavy atom. The molecule has 2 aromatic carbocycles. The van der Waals surface area contributed by atoms with Crippen LogP contribution in [0.15, 0.2) is 64.5 Å². The van der Waals surface area contributed by atoms with Crippen LogP contribution < -0.4 is 4.90 Å². The van der Waals surface area contributed by atoms with E-state index in [9.17, 15) is 4.79 Å². The summed E-state index contributed by atoms with van der Waals surface area (Å²) in [6.45, 7) is 0. The number of fused-ring (bicyclic) bond motifs is 1. The average Bonchev–Trinajstić information content (AvgIpc) is 2.76. The van der Waals surface area contributed by atoms with Crippen molar-refractivity contribution in [1.82, 2.24) is 0 Å². The highest BCUT2D eigenvalue weighted by atomic mass is 35.5. The van der Waals surface area contributed by atoms with Crippen LogP contribution in [0, 0.1) is 0 Å². The van der Waals surface area contributed by atoms with E-state index < -0.39 is 0 Å². The van der Waals surface area contributed by atoms with Crippen LogP contribution in [0.4, 0.5) is 5.69 Å². The number of halogens is 1. The zero-order valence-corrected chi connectivity index (χ0v) is 12.4. The van der Waals surface area contributed by atoms with Crippen molar-refractivity contribution < 1.29 is 4.79 Å². The lowest BCUT2D eigenvalue weighted by molar-refractivity contribution is 0.104. The van der Waals surface area contributed by atoms with Crippen LogP contribution in [-0.2, 0) is 0 Å². The Bertz CT molecular complexity index is 711. The zero-order valence-electron chi connectivity index (χ0n) is 10.8. The van der Waals surface area contributed by atoms with Gasteiger partial charge in [-0.25, -0.2) is 0 Å². The fourth-order valence-electron chi connectivity index (χ4n) is 2.10. The van der Waals surface area contributed by atoms with Gasteiger partial charge in [0.1, 0.15) is 0 Å². The Morgan fingerprint density at radius 1 is 1.15 bits per heavy atom. The normalized spacial score (nSPS) is 15.5. The molecular weight excluding hydrogens is 290 g/mol. The Hall–Kier alpha value is -1.71. The van der Waals surface area contributed by atoms with E-state index in [0.717, 1.165) is 15.6 Å². The highest BCUT2D eigenvalue weighted by Crippen LogP contribution is 2.44. The van der Waals surface area contributed by atoms with Crippen molar-refractivity contribution in [2.45, 2.75) is 4.90 Å². The molecule has 4 heteroatoms. The summed E-state index contributed by atoms with van der Waals surface area (Å²) in [7, 11) is 1.96. The summed E-state index contributed by atoms with van der Waals surface area (Å²) < 4.78 is 0. The summed E-state index contributed by atoms with van der Waals surface area (Å²) in [6, 6.07) is 15.2. The SMILES string of the molecule is CN1/C(=C/C(=O)c2ccccc2Cl)Sc2ccccc21. The maximum atomic E-state index is 12.3. The van der Waals surface area contributed by atoms with Crippen LogP contribution in [0.5, 0.6) is 0 Å². The number of rotatable bonds is 2. The lowest BCUT2D eigenvalue weighted by Gasteiger charge is -2.13. The van der Waals surface area contributed by atoms with E-state index in [-0.39, 0.29) is 5.78 Å². The van der Waals surface area contributed by atoms with Crippen molar-refractivity contribution in [2.75, 3.05) is 11.9 Å². The number of allylic oxidation sites excluding steroid dienone is 1. The Labute approximate surface area is 127 Å². The minimum atomic E-state index is -0.0715. The number of carbonyl (C=O) groups excluding carboxylic acids is 1. The highest BCUT2D eigenvalue weighted by molar-refractivity contribution is 8.03. The average molecular weight is 302 g/mol. The number of thioether (sulfide) groups is 1. The molecule has 0 amide bonds. The minimum Gasteiger partial charge on any atom is -0.338 e. The summed E-state index contributed by atoms with van der Waals surface area (Å²) in [5.74, 6) is -0.0715. The van der Waals surface area contributed by atoms with Gasteiger partial charge in [0.05, 0.1) is 15.7 Å². The second kappa shape index (κ2) is 5.35. The summed E-state index contributed by atoms with van der Waals surface area (Å²) in [5, 5.41) is 1.40. The molecule has 2 nitrogen and oxygen atoms in total. The van der Waals surface area contributed by atoms with E-state index in [1.165, 1.54) is 0 Å². The third-order valence-corrected chi connectivity index (χ3v) is 4.66. The van der Waals surface area contributed by atoms with E-state index in [4.69, 9.17) is 11.6 Å². The molecule has 0 radical (unpaired) electrons. The number of benzene rings is 2. The predicted octanol–water partition coefficient (Wildman–Crippen LogP) is 4.61. The number of para-hydroxylation sites is 1. The zero-order chi connectivity index (χ0) is 14.1. The molecule has 1 aliphatic rings. The fraction of sp³-hybridized carbons (Fsp3) is 0.0625. The van der Waals surface area contributed by atoms with Gasteiger partial charge in [-0.15, -0.1) is 0 Å². The van der Waals surface area contributed by atoms with E-state index in [2.05, 4.69) is 6.07 Å². The Kier molecular flexibility index (Phi) is 3.55. The van der Waals surface area contributed by atoms with Crippen molar-refractivity contribution in [3.05, 3.63) is 70.2 Å². The first-order valence-corrected chi connectivity index (χ1v) is 7.37. The first kappa shape index (κ1) is 13.3. The molecule has 0 aliphatic carbocycles. The molecule has 1 heterocycles. The molecule has 1 aliphatic heterocycles. The molecule has 0 fully saturated rings. The maximum absolute atomic E-state index is 12.3. The molecule has 2 aromatic rings. The van der Waals surface area contributed by atoms with Gasteiger partial charge in [0.2, 0.25) is 0 Å². The number of ketones is 1. The van der Waals surface area contributed by atoms with Crippen LogP contribution in [0.1, 0.15) is 10.4 Å². The molecule has 0 unspecified atom stereocenters. The summed E-state index contributed by atoms with van der Waals surface area (Å²) in [4.78, 5) is 15.5. The third kappa shape index (κ3) is 2.35. The molecule has 20 heavy (non-hydrogen) atoms. The molecule has 0 atom stereocenters. The molecule has 0 aromatic heterocycles. The Balaban J connectivity index is 1.92. The molecule has 0 saturated carbocycles. The van der Waals surface area contributed by atoms with E-state index in [1.54, 1.807) is 30.0 Å². The van der Waals surface area contributed by atoms with Gasteiger partial charge in [0.25, 0.3) is 0 Å². The van der Waals surface area contributed by atoms with Gasteiger partial charge in [-0.3, -0.25) is 4.79 Å². The minimum absolute atomic E-state index is 0.0715. The molecule has 3 rings (SSSR count). The van der Waals surface area contributed by atoms with E-state index in [0.29, 0.717) is 10.6 Å². The van der Waals surface area contributed by atoms with Crippen molar-refractivity contribution in [1.29, 1.82) is 0 Å². The summed E-state index contributed by atoms with van der Waals surface area (Å²) in [5.41, 5.74) is 1.65. The van der Waals surface area contributed by atoms with Gasteiger partial charge in [-0.05, 0) is 24.3 Å². The van der Waals surface area contributed by atoms with Crippen LogP contribution in [-0.4, -0.2) is 12.8 Å². The lowest BCUT2D eigenvalue weighted by Crippen LogP contribution is -2.11. The van der Waals surface area contributed by atoms with Gasteiger partial charge in [-0.1, -0.05) is 47.6 Å². The fourth-order valence-corrected chi connectivity index (χ4v) is 3.41. The topological polar surface area (TPSA) is 20.3 Å². The standard InChI is InChI=1S/C16H12ClNOS/c1-18-13-8-4-5-9-15(13)20-16(18)10-14(19)11-6-2-3-7-12(11)17/h2-10H,1H3/b16-10-. The van der Waals surface area contributed by atoms with E-state index >= 15 is 0 Å². The number of carbonyl (C=O) groups is 1. The van der Waals surface area contributed by atoms with Gasteiger partial charge >= 0.3 is 0 Å². The molecule has 0 spiro atoms. The van der Waals surface area contributed by atoms with Crippen LogP contribution in [0.3, 0.4) is 0 Å². The largest absolute Gasteiger partial charge is 0.338 e. The second-order valence-electron chi connectivity index (χ2n) is 4.46. The number of hydrogen-bond acceptors (Lipinski definition) is 3. The third-order valence-electron chi connectivity index (χ3n) is 3.17. The second-order valence-corrected chi connectivity index (χ2v) is 5.92. The summed E-state index contributed by atoms with van der Waals surface area (Å²) in [6.07, 6.45) is 1.64. The van der Waals surface area contributed by atoms with Crippen LogP contribution in [0.25, 0.3) is 0 Å². The van der Waals surface area contributed by atoms with Gasteiger partial charge < -0.3 is 4.90 Å². The van der Waals surface area contributed by atoms with Crippen LogP contribution in [0.2, 0.25) is 5.02 Å². The van der Waals surface area contributed by atoms with Crippen molar-refractivity contribution >= 4 is 34.8 Å². The molecule has 100 valence electrons. The molecule has 0 bridgehead atoms. The number of hydrogen-bond donors (Lipinski definition) is 0. The molecular formula is C16H12ClNOS. The maximum Gasteiger partial charge on any atom is 0.189 e. The first-order chi connectivity index (χ1) is 9.66. The highest BCUT2D eigenvalue weighted by Gasteiger charge is 2.22. The van der Waals surface area contributed by atoms with Gasteiger partial charge in [0, 0.05) is 23.6 Å². The lowest BCUT2D eigenvalue weighted by atomic mass is 10.1. The number of nitrogens with zero attached hydrogens (tertiary/aromatic N) is 1. The first-order valence-electron chi connectivity index (χ1n) is 6.18. The summed E-state index contributed by atoms with van der Waals surface area (Å²) >= 11 is 7.66. The molecule has 0 N–H and O–H groups in total. The Morgan fingerprint density at radius 3 is 2.60 bits per heavy atom. The smallest absolute Gasteiger partial charge is 0.189 e. The van der Waals surface area contributed by atoms with Gasteiger partial charge in [-0.2, -0.15) is 0 Å². The quantitative estimate of drug-likeness (QED) is 0.597.